The second kappa shape index (κ2) is 5.91. The van der Waals surface area contributed by atoms with Gasteiger partial charge in [-0.1, -0.05) is 22.0 Å². The number of Topliss-reactive ketones (excluding diaryl/α,β-unsaturated/α-hetero) is 1. The molecule has 0 aliphatic carbocycles. The van der Waals surface area contributed by atoms with Crippen LogP contribution in [0, 0.1) is 5.82 Å². The summed E-state index contributed by atoms with van der Waals surface area (Å²) in [5.41, 5.74) is -0.265. The topological polar surface area (TPSA) is 43.4 Å². The van der Waals surface area contributed by atoms with Gasteiger partial charge in [0.05, 0.1) is 22.6 Å². The Hall–Kier alpha value is -1.23. The first-order chi connectivity index (χ1) is 7.99. The van der Waals surface area contributed by atoms with Crippen molar-refractivity contribution in [1.29, 1.82) is 0 Å². The Morgan fingerprint density at radius 1 is 1.47 bits per heavy atom. The maximum Gasteiger partial charge on any atom is 0.338 e. The summed E-state index contributed by atoms with van der Waals surface area (Å²) in [6.07, 6.45) is 0. The number of hydrogen-bond acceptors (Lipinski definition) is 3. The van der Waals surface area contributed by atoms with E-state index in [-0.39, 0.29) is 17.7 Å². The Morgan fingerprint density at radius 2 is 2.12 bits per heavy atom. The molecule has 0 N–H and O–H groups in total. The Balaban J connectivity index is 3.26. The molecule has 1 rings (SSSR count). The van der Waals surface area contributed by atoms with Crippen LogP contribution >= 0.6 is 15.9 Å². The van der Waals surface area contributed by atoms with E-state index in [2.05, 4.69) is 15.9 Å². The standard InChI is InChI=1S/C12H12BrFO3/c1-3-17-12(16)8-5-4-6-9(14)10(8)11(15)7(2)13/h4-7H,3H2,1-2H3. The lowest BCUT2D eigenvalue weighted by molar-refractivity contribution is 0.0522. The van der Waals surface area contributed by atoms with Crippen molar-refractivity contribution in [3.8, 4) is 0 Å². The Morgan fingerprint density at radius 3 is 2.65 bits per heavy atom. The molecule has 0 saturated carbocycles. The van der Waals surface area contributed by atoms with Gasteiger partial charge in [-0.3, -0.25) is 4.79 Å². The third-order valence-electron chi connectivity index (χ3n) is 2.12. The molecule has 1 unspecified atom stereocenters. The van der Waals surface area contributed by atoms with Crippen molar-refractivity contribution in [2.75, 3.05) is 6.61 Å². The van der Waals surface area contributed by atoms with Crippen LogP contribution in [0.15, 0.2) is 18.2 Å². The van der Waals surface area contributed by atoms with Crippen molar-refractivity contribution < 1.29 is 18.7 Å². The number of esters is 1. The molecule has 1 aromatic rings. The van der Waals surface area contributed by atoms with Crippen LogP contribution in [0.5, 0.6) is 0 Å². The van der Waals surface area contributed by atoms with Gasteiger partial charge in [0.2, 0.25) is 0 Å². The van der Waals surface area contributed by atoms with E-state index in [1.807, 2.05) is 0 Å². The fourth-order valence-electron chi connectivity index (χ4n) is 1.35. The molecule has 0 bridgehead atoms. The third-order valence-corrected chi connectivity index (χ3v) is 2.53. The zero-order valence-electron chi connectivity index (χ0n) is 9.50. The van der Waals surface area contributed by atoms with E-state index in [9.17, 15) is 14.0 Å². The number of alkyl halides is 1. The number of ketones is 1. The first-order valence-corrected chi connectivity index (χ1v) is 6.04. The molecule has 0 amide bonds. The van der Waals surface area contributed by atoms with Crippen LogP contribution in [0.4, 0.5) is 4.39 Å². The highest BCUT2D eigenvalue weighted by Crippen LogP contribution is 2.19. The van der Waals surface area contributed by atoms with Gasteiger partial charge in [0.1, 0.15) is 5.82 Å². The third kappa shape index (κ3) is 3.12. The average Bonchev–Trinajstić information content (AvgIpc) is 2.28. The minimum absolute atomic E-state index is 0.0387. The van der Waals surface area contributed by atoms with Crippen molar-refractivity contribution in [3.05, 3.63) is 35.1 Å². The summed E-state index contributed by atoms with van der Waals surface area (Å²) in [6, 6.07) is 3.90. The van der Waals surface area contributed by atoms with Gasteiger partial charge in [0, 0.05) is 0 Å². The summed E-state index contributed by atoms with van der Waals surface area (Å²) in [4.78, 5) is 22.8. The van der Waals surface area contributed by atoms with E-state index in [4.69, 9.17) is 4.74 Å². The summed E-state index contributed by atoms with van der Waals surface area (Å²) in [6.45, 7) is 3.39. The normalized spacial score (nSPS) is 12.0. The highest BCUT2D eigenvalue weighted by Gasteiger charge is 2.24. The smallest absolute Gasteiger partial charge is 0.338 e. The quantitative estimate of drug-likeness (QED) is 0.488. The van der Waals surface area contributed by atoms with E-state index < -0.39 is 22.4 Å². The minimum Gasteiger partial charge on any atom is -0.462 e. The van der Waals surface area contributed by atoms with Crippen molar-refractivity contribution in [2.24, 2.45) is 0 Å². The van der Waals surface area contributed by atoms with Crippen LogP contribution in [-0.4, -0.2) is 23.2 Å². The molecule has 1 atom stereocenters. The SMILES string of the molecule is CCOC(=O)c1cccc(F)c1C(=O)C(C)Br. The van der Waals surface area contributed by atoms with Gasteiger partial charge in [-0.15, -0.1) is 0 Å². The van der Waals surface area contributed by atoms with E-state index in [1.54, 1.807) is 13.8 Å². The van der Waals surface area contributed by atoms with E-state index >= 15 is 0 Å². The van der Waals surface area contributed by atoms with E-state index in [1.165, 1.54) is 12.1 Å². The monoisotopic (exact) mass is 302 g/mol. The first-order valence-electron chi connectivity index (χ1n) is 5.13. The number of benzene rings is 1. The van der Waals surface area contributed by atoms with Gasteiger partial charge >= 0.3 is 5.97 Å². The number of halogens is 2. The van der Waals surface area contributed by atoms with Crippen LogP contribution in [-0.2, 0) is 4.74 Å². The average molecular weight is 303 g/mol. The first kappa shape index (κ1) is 13.8. The maximum atomic E-state index is 13.6. The van der Waals surface area contributed by atoms with Crippen molar-refractivity contribution >= 4 is 27.7 Å². The van der Waals surface area contributed by atoms with Gasteiger partial charge in [0.15, 0.2) is 5.78 Å². The van der Waals surface area contributed by atoms with E-state index in [0.717, 1.165) is 6.07 Å². The number of carbonyl (C=O) groups is 2. The lowest BCUT2D eigenvalue weighted by Gasteiger charge is -2.10. The van der Waals surface area contributed by atoms with Crippen LogP contribution in [0.25, 0.3) is 0 Å². The largest absolute Gasteiger partial charge is 0.462 e. The number of rotatable bonds is 4. The molecule has 0 fully saturated rings. The van der Waals surface area contributed by atoms with E-state index in [0.29, 0.717) is 0 Å². The summed E-state index contributed by atoms with van der Waals surface area (Å²) in [5, 5.41) is 0. The second-order valence-corrected chi connectivity index (χ2v) is 4.74. The lowest BCUT2D eigenvalue weighted by atomic mass is 10.0. The summed E-state index contributed by atoms with van der Waals surface area (Å²) >= 11 is 3.06. The molecule has 0 aliphatic rings. The Labute approximate surface area is 107 Å². The fraction of sp³-hybridized carbons (Fsp3) is 0.333. The fourth-order valence-corrected chi connectivity index (χ4v) is 1.58. The summed E-state index contributed by atoms with van der Waals surface area (Å²) in [5.74, 6) is -1.89. The molecular formula is C12H12BrFO3. The number of ether oxygens (including phenoxy) is 1. The van der Waals surface area contributed by atoms with Crippen molar-refractivity contribution in [1.82, 2.24) is 0 Å². The number of hydrogen-bond donors (Lipinski definition) is 0. The van der Waals surface area contributed by atoms with Crippen LogP contribution in [0.2, 0.25) is 0 Å². The van der Waals surface area contributed by atoms with Crippen molar-refractivity contribution in [2.45, 2.75) is 18.7 Å². The van der Waals surface area contributed by atoms with Crippen molar-refractivity contribution in [3.63, 3.8) is 0 Å². The lowest BCUT2D eigenvalue weighted by Crippen LogP contribution is -2.18. The summed E-state index contributed by atoms with van der Waals surface area (Å²) < 4.78 is 18.4. The molecule has 0 aliphatic heterocycles. The Bertz CT molecular complexity index is 443. The maximum absolute atomic E-state index is 13.6. The highest BCUT2D eigenvalue weighted by atomic mass is 79.9. The molecule has 0 radical (unpaired) electrons. The molecule has 0 aromatic heterocycles. The molecule has 92 valence electrons. The number of carbonyl (C=O) groups excluding carboxylic acids is 2. The zero-order chi connectivity index (χ0) is 13.0. The van der Waals surface area contributed by atoms with Gasteiger partial charge in [-0.2, -0.15) is 0 Å². The van der Waals surface area contributed by atoms with Gasteiger partial charge in [-0.25, -0.2) is 9.18 Å². The van der Waals surface area contributed by atoms with Gasteiger partial charge < -0.3 is 4.74 Å². The molecular weight excluding hydrogens is 291 g/mol. The molecule has 5 heteroatoms. The van der Waals surface area contributed by atoms with Gasteiger partial charge in [0.25, 0.3) is 0 Å². The molecule has 0 spiro atoms. The van der Waals surface area contributed by atoms with Crippen LogP contribution in [0.3, 0.4) is 0 Å². The summed E-state index contributed by atoms with van der Waals surface area (Å²) in [7, 11) is 0. The van der Waals surface area contributed by atoms with Gasteiger partial charge in [-0.05, 0) is 26.0 Å². The predicted octanol–water partition coefficient (Wildman–Crippen LogP) is 2.97. The molecule has 17 heavy (non-hydrogen) atoms. The molecule has 0 saturated heterocycles. The van der Waals surface area contributed by atoms with Crippen LogP contribution < -0.4 is 0 Å². The second-order valence-electron chi connectivity index (χ2n) is 3.36. The predicted molar refractivity (Wildman–Crippen MR) is 65.1 cm³/mol. The minimum atomic E-state index is -0.716. The van der Waals surface area contributed by atoms with Crippen LogP contribution in [0.1, 0.15) is 34.6 Å². The molecule has 0 heterocycles. The zero-order valence-corrected chi connectivity index (χ0v) is 11.1. The molecule has 1 aromatic carbocycles. The molecule has 3 nitrogen and oxygen atoms in total. The Kier molecular flexibility index (Phi) is 4.81. The highest BCUT2D eigenvalue weighted by molar-refractivity contribution is 9.10.